The minimum atomic E-state index is 0.706. The van der Waals surface area contributed by atoms with Crippen LogP contribution in [0.2, 0.25) is 0 Å². The van der Waals surface area contributed by atoms with Crippen molar-refractivity contribution in [3.8, 4) is 11.4 Å². The lowest BCUT2D eigenvalue weighted by Gasteiger charge is -1.98. The van der Waals surface area contributed by atoms with Crippen molar-refractivity contribution in [1.82, 2.24) is 24.3 Å². The summed E-state index contributed by atoms with van der Waals surface area (Å²) in [5, 5.41) is 0. The predicted octanol–water partition coefficient (Wildman–Crippen LogP) is 2.71. The van der Waals surface area contributed by atoms with Gasteiger partial charge < -0.3 is 9.38 Å². The molecule has 0 unspecified atom stereocenters. The second-order valence-electron chi connectivity index (χ2n) is 4.80. The summed E-state index contributed by atoms with van der Waals surface area (Å²) in [4.78, 5) is 16.4. The van der Waals surface area contributed by atoms with E-state index in [9.17, 15) is 0 Å². The van der Waals surface area contributed by atoms with Crippen molar-refractivity contribution < 1.29 is 0 Å². The smallest absolute Gasteiger partial charge is 0.120 e. The molecule has 21 heavy (non-hydrogen) atoms. The Labute approximate surface area is 121 Å². The summed E-state index contributed by atoms with van der Waals surface area (Å²) >= 11 is 0. The fourth-order valence-electron chi connectivity index (χ4n) is 2.47. The van der Waals surface area contributed by atoms with Gasteiger partial charge in [0.2, 0.25) is 0 Å². The fourth-order valence-corrected chi connectivity index (χ4v) is 2.47. The summed E-state index contributed by atoms with van der Waals surface area (Å²) in [7, 11) is 0. The Balaban J connectivity index is 1.89. The highest BCUT2D eigenvalue weighted by molar-refractivity contribution is 5.75. The summed E-state index contributed by atoms with van der Waals surface area (Å²) in [6.45, 7) is 0. The van der Waals surface area contributed by atoms with Gasteiger partial charge >= 0.3 is 0 Å². The first-order valence-corrected chi connectivity index (χ1v) is 6.76. The van der Waals surface area contributed by atoms with Crippen molar-refractivity contribution in [2.75, 3.05) is 0 Å². The van der Waals surface area contributed by atoms with Gasteiger partial charge in [-0.1, -0.05) is 12.1 Å². The predicted molar refractivity (Wildman–Crippen MR) is 79.8 cm³/mol. The molecule has 0 bridgehead atoms. The molecule has 0 atom stereocenters. The number of nitrogens with one attached hydrogen (secondary N) is 1. The molecule has 4 aromatic rings. The normalized spacial score (nSPS) is 11.0. The van der Waals surface area contributed by atoms with Crippen molar-refractivity contribution >= 4 is 5.52 Å². The maximum absolute atomic E-state index is 4.79. The van der Waals surface area contributed by atoms with E-state index in [1.165, 1.54) is 0 Å². The monoisotopic (exact) mass is 275 g/mol. The minimum absolute atomic E-state index is 0.706. The average Bonchev–Trinajstić information content (AvgIpc) is 3.17. The molecule has 0 spiro atoms. The molecule has 0 saturated heterocycles. The summed E-state index contributed by atoms with van der Waals surface area (Å²) in [5.41, 5.74) is 3.90. The Kier molecular flexibility index (Phi) is 2.74. The Hall–Kier alpha value is -2.95. The molecule has 5 heteroatoms. The highest BCUT2D eigenvalue weighted by atomic mass is 15.0. The maximum atomic E-state index is 4.79. The van der Waals surface area contributed by atoms with Crippen molar-refractivity contribution in [3.63, 3.8) is 0 Å². The Morgan fingerprint density at radius 2 is 2.05 bits per heavy atom. The molecule has 0 fully saturated rings. The maximum Gasteiger partial charge on any atom is 0.120 e. The number of hydrogen-bond donors (Lipinski definition) is 1. The van der Waals surface area contributed by atoms with E-state index in [0.29, 0.717) is 6.42 Å². The summed E-state index contributed by atoms with van der Waals surface area (Å²) in [5.74, 6) is 0.968. The lowest BCUT2D eigenvalue weighted by atomic mass is 10.2. The van der Waals surface area contributed by atoms with E-state index in [-0.39, 0.29) is 0 Å². The number of H-pyrrole nitrogens is 1. The number of fused-ring (bicyclic) bond motifs is 1. The molecule has 0 amide bonds. The summed E-state index contributed by atoms with van der Waals surface area (Å²) in [6.07, 6.45) is 8.03. The van der Waals surface area contributed by atoms with Crippen molar-refractivity contribution in [2.24, 2.45) is 0 Å². The number of aromatic nitrogens is 5. The van der Waals surface area contributed by atoms with Gasteiger partial charge in [0.05, 0.1) is 17.5 Å². The SMILES string of the molecule is c1ccc(-c2nc(Cc3cnc[nH]3)n3ccccc23)nc1. The highest BCUT2D eigenvalue weighted by Crippen LogP contribution is 2.23. The highest BCUT2D eigenvalue weighted by Gasteiger charge is 2.13. The molecular weight excluding hydrogens is 262 g/mol. The van der Waals surface area contributed by atoms with Crippen LogP contribution in [0.3, 0.4) is 0 Å². The van der Waals surface area contributed by atoms with Crippen LogP contribution in [0.1, 0.15) is 11.5 Å². The van der Waals surface area contributed by atoms with Crippen LogP contribution < -0.4 is 0 Å². The van der Waals surface area contributed by atoms with Gasteiger partial charge in [-0.15, -0.1) is 0 Å². The molecule has 4 rings (SSSR count). The van der Waals surface area contributed by atoms with Crippen molar-refractivity contribution in [1.29, 1.82) is 0 Å². The van der Waals surface area contributed by atoms with Crippen LogP contribution in [0.25, 0.3) is 16.9 Å². The number of pyridine rings is 2. The molecule has 0 radical (unpaired) electrons. The quantitative estimate of drug-likeness (QED) is 0.625. The van der Waals surface area contributed by atoms with Crippen molar-refractivity contribution in [3.05, 3.63) is 72.8 Å². The number of nitrogens with zero attached hydrogens (tertiary/aromatic N) is 4. The summed E-state index contributed by atoms with van der Waals surface area (Å²) < 4.78 is 2.10. The largest absolute Gasteiger partial charge is 0.348 e. The summed E-state index contributed by atoms with van der Waals surface area (Å²) in [6, 6.07) is 12.0. The average molecular weight is 275 g/mol. The standard InChI is InChI=1S/C16H13N5/c1-3-7-18-13(5-1)16-14-6-2-4-8-21(14)15(20-16)9-12-10-17-11-19-12/h1-8,10-11H,9H2,(H,17,19). The topological polar surface area (TPSA) is 58.9 Å². The van der Waals surface area contributed by atoms with E-state index in [1.54, 1.807) is 12.5 Å². The third kappa shape index (κ3) is 2.08. The molecule has 0 aromatic carbocycles. The van der Waals surface area contributed by atoms with Gasteiger partial charge in [0.1, 0.15) is 11.5 Å². The van der Waals surface area contributed by atoms with Crippen LogP contribution in [0, 0.1) is 0 Å². The van der Waals surface area contributed by atoms with Crippen LogP contribution in [-0.4, -0.2) is 24.3 Å². The number of hydrogen-bond acceptors (Lipinski definition) is 3. The van der Waals surface area contributed by atoms with Gasteiger partial charge in [0.15, 0.2) is 0 Å². The Bertz CT molecular complexity index is 862. The fraction of sp³-hybridized carbons (Fsp3) is 0.0625. The lowest BCUT2D eigenvalue weighted by Crippen LogP contribution is -1.95. The van der Waals surface area contributed by atoms with E-state index in [4.69, 9.17) is 4.98 Å². The number of imidazole rings is 2. The lowest BCUT2D eigenvalue weighted by molar-refractivity contribution is 0.939. The molecule has 4 aromatic heterocycles. The van der Waals surface area contributed by atoms with Gasteiger partial charge in [0, 0.05) is 30.7 Å². The second kappa shape index (κ2) is 4.86. The van der Waals surface area contributed by atoms with Gasteiger partial charge in [-0.05, 0) is 24.3 Å². The minimum Gasteiger partial charge on any atom is -0.348 e. The van der Waals surface area contributed by atoms with Gasteiger partial charge in [0.25, 0.3) is 0 Å². The Morgan fingerprint density at radius 1 is 1.10 bits per heavy atom. The van der Waals surface area contributed by atoms with Gasteiger partial charge in [-0.3, -0.25) is 4.98 Å². The van der Waals surface area contributed by atoms with E-state index in [0.717, 1.165) is 28.4 Å². The molecule has 0 aliphatic heterocycles. The van der Waals surface area contributed by atoms with Crippen LogP contribution in [0.4, 0.5) is 0 Å². The first kappa shape index (κ1) is 11.8. The van der Waals surface area contributed by atoms with Crippen LogP contribution >= 0.6 is 0 Å². The molecule has 0 aliphatic rings. The van der Waals surface area contributed by atoms with E-state index in [1.807, 2.05) is 42.7 Å². The third-order valence-electron chi connectivity index (χ3n) is 3.43. The zero-order chi connectivity index (χ0) is 14.1. The zero-order valence-electron chi connectivity index (χ0n) is 11.3. The van der Waals surface area contributed by atoms with E-state index < -0.39 is 0 Å². The number of rotatable bonds is 3. The third-order valence-corrected chi connectivity index (χ3v) is 3.43. The van der Waals surface area contributed by atoms with Gasteiger partial charge in [-0.25, -0.2) is 9.97 Å². The second-order valence-corrected chi connectivity index (χ2v) is 4.80. The number of aromatic amines is 1. The molecular formula is C16H13N5. The van der Waals surface area contributed by atoms with Gasteiger partial charge in [-0.2, -0.15) is 0 Å². The van der Waals surface area contributed by atoms with E-state index >= 15 is 0 Å². The molecule has 1 N–H and O–H groups in total. The molecule has 4 heterocycles. The van der Waals surface area contributed by atoms with Crippen LogP contribution in [-0.2, 0) is 6.42 Å². The van der Waals surface area contributed by atoms with Crippen LogP contribution in [0.5, 0.6) is 0 Å². The molecule has 0 aliphatic carbocycles. The first-order chi connectivity index (χ1) is 10.4. The van der Waals surface area contributed by atoms with Crippen molar-refractivity contribution in [2.45, 2.75) is 6.42 Å². The molecule has 0 saturated carbocycles. The Morgan fingerprint density at radius 3 is 2.86 bits per heavy atom. The van der Waals surface area contributed by atoms with E-state index in [2.05, 4.69) is 25.4 Å². The first-order valence-electron chi connectivity index (χ1n) is 6.76. The van der Waals surface area contributed by atoms with Crippen LogP contribution in [0.15, 0.2) is 61.3 Å². The molecule has 102 valence electrons. The zero-order valence-corrected chi connectivity index (χ0v) is 11.3. The molecule has 5 nitrogen and oxygen atoms in total.